The number of aliphatic hydroxyl groups excluding tert-OH is 3. The van der Waals surface area contributed by atoms with Crippen molar-refractivity contribution in [2.75, 3.05) is 19.7 Å². The Morgan fingerprint density at radius 1 is 1.33 bits per heavy atom. The summed E-state index contributed by atoms with van der Waals surface area (Å²) in [4.78, 5) is 0. The third kappa shape index (κ3) is 3.10. The summed E-state index contributed by atoms with van der Waals surface area (Å²) >= 11 is 0. The lowest BCUT2D eigenvalue weighted by Gasteiger charge is -2.40. The third-order valence-corrected chi connectivity index (χ3v) is 2.69. The highest BCUT2D eigenvalue weighted by Crippen LogP contribution is 2.18. The fourth-order valence-corrected chi connectivity index (χ4v) is 1.66. The maximum Gasteiger partial charge on any atom is 0.109 e. The van der Waals surface area contributed by atoms with E-state index < -0.39 is 24.4 Å². The molecule has 1 saturated heterocycles. The molecule has 0 aromatic heterocycles. The normalized spacial score (nSPS) is 41.8. The number of rotatable bonds is 4. The molecule has 0 aliphatic carbocycles. The van der Waals surface area contributed by atoms with Gasteiger partial charge in [0.2, 0.25) is 0 Å². The summed E-state index contributed by atoms with van der Waals surface area (Å²) < 4.78 is 5.45. The average Bonchev–Trinajstić information content (AvgIpc) is 2.23. The number of hydrogen-bond acceptors (Lipinski definition) is 6. The first-order valence-corrected chi connectivity index (χ1v) is 5.16. The van der Waals surface area contributed by atoms with Gasteiger partial charge in [-0.2, -0.15) is 0 Å². The highest BCUT2D eigenvalue weighted by molar-refractivity contribution is 4.93. The fraction of sp³-hybridized carbons (Fsp3) is 1.00. The molecule has 0 amide bonds. The zero-order valence-electron chi connectivity index (χ0n) is 8.84. The van der Waals surface area contributed by atoms with Crippen LogP contribution in [-0.2, 0) is 4.74 Å². The van der Waals surface area contributed by atoms with Crippen LogP contribution >= 0.6 is 0 Å². The molecule has 1 rings (SSSR count). The summed E-state index contributed by atoms with van der Waals surface area (Å²) in [6.45, 7) is 2.61. The lowest BCUT2D eigenvalue weighted by Crippen LogP contribution is -2.62. The van der Waals surface area contributed by atoms with Crippen LogP contribution < -0.4 is 11.1 Å². The molecule has 1 heterocycles. The standard InChI is InChI=1S/C9H20N2O4/c1-5-7(10)9(14)8(13)6(15-5)4-11-2-3-12/h5-9,11-14H,2-4,10H2,1H3/t5-,6-,7+,8-,9-/m1/s1. The van der Waals surface area contributed by atoms with Crippen LogP contribution in [0.5, 0.6) is 0 Å². The topological polar surface area (TPSA) is 108 Å². The molecule has 0 spiro atoms. The molecule has 1 aliphatic rings. The van der Waals surface area contributed by atoms with Crippen molar-refractivity contribution in [2.45, 2.75) is 37.4 Å². The molecule has 6 N–H and O–H groups in total. The number of aliphatic hydroxyl groups is 3. The smallest absolute Gasteiger partial charge is 0.109 e. The predicted octanol–water partition coefficient (Wildman–Crippen LogP) is -2.60. The average molecular weight is 220 g/mol. The van der Waals surface area contributed by atoms with Crippen molar-refractivity contribution in [3.63, 3.8) is 0 Å². The van der Waals surface area contributed by atoms with Gasteiger partial charge >= 0.3 is 0 Å². The van der Waals surface area contributed by atoms with Gasteiger partial charge in [-0.05, 0) is 6.92 Å². The van der Waals surface area contributed by atoms with E-state index in [2.05, 4.69) is 5.32 Å². The maximum atomic E-state index is 9.67. The maximum absolute atomic E-state index is 9.67. The molecule has 0 saturated carbocycles. The first kappa shape index (κ1) is 12.8. The minimum atomic E-state index is -0.984. The van der Waals surface area contributed by atoms with E-state index in [9.17, 15) is 10.2 Å². The summed E-state index contributed by atoms with van der Waals surface area (Å²) in [7, 11) is 0. The number of hydrogen-bond donors (Lipinski definition) is 5. The third-order valence-electron chi connectivity index (χ3n) is 2.69. The molecule has 0 radical (unpaired) electrons. The van der Waals surface area contributed by atoms with Crippen molar-refractivity contribution in [3.05, 3.63) is 0 Å². The molecule has 1 fully saturated rings. The van der Waals surface area contributed by atoms with Gasteiger partial charge in [0.15, 0.2) is 0 Å². The first-order chi connectivity index (χ1) is 7.07. The van der Waals surface area contributed by atoms with Gasteiger partial charge in [0, 0.05) is 13.1 Å². The Kier molecular flexibility index (Phi) is 4.91. The molecule has 0 bridgehead atoms. The van der Waals surface area contributed by atoms with Gasteiger partial charge in [-0.3, -0.25) is 0 Å². The number of nitrogens with one attached hydrogen (secondary N) is 1. The summed E-state index contributed by atoms with van der Waals surface area (Å²) in [5.74, 6) is 0. The molecule has 1 aliphatic heterocycles. The van der Waals surface area contributed by atoms with Gasteiger partial charge in [-0.1, -0.05) is 0 Å². The van der Waals surface area contributed by atoms with Gasteiger partial charge in [-0.15, -0.1) is 0 Å². The second-order valence-corrected chi connectivity index (χ2v) is 3.87. The lowest BCUT2D eigenvalue weighted by atomic mass is 9.94. The van der Waals surface area contributed by atoms with E-state index in [1.807, 2.05) is 0 Å². The van der Waals surface area contributed by atoms with Gasteiger partial charge < -0.3 is 31.1 Å². The predicted molar refractivity (Wildman–Crippen MR) is 54.3 cm³/mol. The minimum absolute atomic E-state index is 0.0282. The lowest BCUT2D eigenvalue weighted by molar-refractivity contribution is -0.171. The van der Waals surface area contributed by atoms with E-state index in [-0.39, 0.29) is 12.7 Å². The van der Waals surface area contributed by atoms with Crippen molar-refractivity contribution >= 4 is 0 Å². The summed E-state index contributed by atoms with van der Waals surface area (Å²) in [6.07, 6.45) is -2.72. The van der Waals surface area contributed by atoms with E-state index >= 15 is 0 Å². The van der Waals surface area contributed by atoms with E-state index in [1.165, 1.54) is 0 Å². The Labute approximate surface area is 89.0 Å². The van der Waals surface area contributed by atoms with Crippen molar-refractivity contribution in [1.82, 2.24) is 5.32 Å². The van der Waals surface area contributed by atoms with Crippen LogP contribution in [0.15, 0.2) is 0 Å². The van der Waals surface area contributed by atoms with E-state index in [1.54, 1.807) is 6.92 Å². The fourth-order valence-electron chi connectivity index (χ4n) is 1.66. The largest absolute Gasteiger partial charge is 0.395 e. The van der Waals surface area contributed by atoms with Crippen LogP contribution in [0.4, 0.5) is 0 Å². The summed E-state index contributed by atoms with van der Waals surface area (Å²) in [5, 5.41) is 30.8. The van der Waals surface area contributed by atoms with E-state index in [0.29, 0.717) is 13.1 Å². The molecule has 0 aromatic rings. The van der Waals surface area contributed by atoms with Gasteiger partial charge in [0.05, 0.1) is 24.9 Å². The Hall–Kier alpha value is -0.240. The quantitative estimate of drug-likeness (QED) is 0.333. The monoisotopic (exact) mass is 220 g/mol. The highest BCUT2D eigenvalue weighted by Gasteiger charge is 2.40. The zero-order valence-corrected chi connectivity index (χ0v) is 8.84. The molecule has 0 aromatic carbocycles. The molecule has 0 unspecified atom stereocenters. The van der Waals surface area contributed by atoms with Crippen LogP contribution in [0.25, 0.3) is 0 Å². The number of nitrogens with two attached hydrogens (primary N) is 1. The van der Waals surface area contributed by atoms with Crippen LogP contribution in [-0.4, -0.2) is 65.5 Å². The molecule has 90 valence electrons. The molecular weight excluding hydrogens is 200 g/mol. The van der Waals surface area contributed by atoms with E-state index in [4.69, 9.17) is 15.6 Å². The minimum Gasteiger partial charge on any atom is -0.395 e. The van der Waals surface area contributed by atoms with Crippen LogP contribution in [0, 0.1) is 0 Å². The SMILES string of the molecule is C[C@H]1O[C@H](CNCCO)[C@@H](O)[C@H](O)[C@H]1N. The Balaban J connectivity index is 2.43. The van der Waals surface area contributed by atoms with Gasteiger partial charge in [-0.25, -0.2) is 0 Å². The Morgan fingerprint density at radius 2 is 2.00 bits per heavy atom. The summed E-state index contributed by atoms with van der Waals surface area (Å²) in [5.41, 5.74) is 5.63. The van der Waals surface area contributed by atoms with Crippen molar-refractivity contribution in [3.8, 4) is 0 Å². The Morgan fingerprint density at radius 3 is 2.60 bits per heavy atom. The van der Waals surface area contributed by atoms with Gasteiger partial charge in [0.25, 0.3) is 0 Å². The van der Waals surface area contributed by atoms with Gasteiger partial charge in [0.1, 0.15) is 12.2 Å². The zero-order chi connectivity index (χ0) is 11.4. The van der Waals surface area contributed by atoms with Crippen LogP contribution in [0.3, 0.4) is 0 Å². The van der Waals surface area contributed by atoms with Crippen LogP contribution in [0.1, 0.15) is 6.92 Å². The first-order valence-electron chi connectivity index (χ1n) is 5.16. The van der Waals surface area contributed by atoms with E-state index in [0.717, 1.165) is 0 Å². The van der Waals surface area contributed by atoms with Crippen molar-refractivity contribution in [1.29, 1.82) is 0 Å². The number of ether oxygens (including phenoxy) is 1. The van der Waals surface area contributed by atoms with Crippen molar-refractivity contribution < 1.29 is 20.1 Å². The molecule has 6 nitrogen and oxygen atoms in total. The Bertz CT molecular complexity index is 193. The second kappa shape index (κ2) is 5.74. The highest BCUT2D eigenvalue weighted by atomic mass is 16.5. The second-order valence-electron chi connectivity index (χ2n) is 3.87. The molecule has 15 heavy (non-hydrogen) atoms. The van der Waals surface area contributed by atoms with Crippen LogP contribution in [0.2, 0.25) is 0 Å². The summed E-state index contributed by atoms with van der Waals surface area (Å²) in [6, 6.07) is -0.561. The molecule has 5 atom stereocenters. The molecule has 6 heteroatoms. The molecular formula is C9H20N2O4. The van der Waals surface area contributed by atoms with Crippen molar-refractivity contribution in [2.24, 2.45) is 5.73 Å².